The first-order valence-corrected chi connectivity index (χ1v) is 8.28. The Balaban J connectivity index is 1.81. The molecule has 3 rings (SSSR count). The fourth-order valence-corrected chi connectivity index (χ4v) is 2.75. The summed E-state index contributed by atoms with van der Waals surface area (Å²) < 4.78 is 18.4. The predicted octanol–water partition coefficient (Wildman–Crippen LogP) is 4.48. The largest absolute Gasteiger partial charge is 0.496 e. The van der Waals surface area contributed by atoms with E-state index < -0.39 is 0 Å². The number of carbonyl (C=O) groups excluding carboxylic acids is 1. The van der Waals surface area contributed by atoms with Gasteiger partial charge in [-0.2, -0.15) is 0 Å². The number of benzene rings is 2. The van der Waals surface area contributed by atoms with Crippen molar-refractivity contribution in [2.24, 2.45) is 0 Å². The van der Waals surface area contributed by atoms with Crippen molar-refractivity contribution in [3.8, 4) is 17.0 Å². The Bertz CT molecular complexity index is 929. The van der Waals surface area contributed by atoms with Gasteiger partial charge in [-0.3, -0.25) is 9.78 Å². The first kappa shape index (κ1) is 17.9. The van der Waals surface area contributed by atoms with Crippen LogP contribution in [0.25, 0.3) is 11.3 Å². The second-order valence-electron chi connectivity index (χ2n) is 5.55. The first-order valence-electron chi connectivity index (χ1n) is 7.90. The molecule has 0 saturated carbocycles. The number of amides is 1. The average Bonchev–Trinajstić information content (AvgIpc) is 2.67. The molecule has 0 aliphatic rings. The Morgan fingerprint density at radius 3 is 2.69 bits per heavy atom. The van der Waals surface area contributed by atoms with Crippen molar-refractivity contribution in [1.82, 2.24) is 10.3 Å². The minimum Gasteiger partial charge on any atom is -0.496 e. The lowest BCUT2D eigenvalue weighted by molar-refractivity contribution is 0.0948. The van der Waals surface area contributed by atoms with Gasteiger partial charge in [0.15, 0.2) is 0 Å². The predicted molar refractivity (Wildman–Crippen MR) is 98.8 cm³/mol. The molecule has 2 aromatic carbocycles. The molecule has 4 nitrogen and oxygen atoms in total. The molecule has 0 spiro atoms. The van der Waals surface area contributed by atoms with Crippen LogP contribution in [-0.4, -0.2) is 18.0 Å². The lowest BCUT2D eigenvalue weighted by atomic mass is 10.1. The van der Waals surface area contributed by atoms with Crippen molar-refractivity contribution in [1.29, 1.82) is 0 Å². The quantitative estimate of drug-likeness (QED) is 0.720. The Morgan fingerprint density at radius 2 is 1.96 bits per heavy atom. The summed E-state index contributed by atoms with van der Waals surface area (Å²) in [6.07, 6.45) is 1.66. The number of nitrogens with one attached hydrogen (secondary N) is 1. The van der Waals surface area contributed by atoms with Gasteiger partial charge in [0.2, 0.25) is 0 Å². The molecule has 0 aliphatic heterocycles. The standard InChI is InChI=1S/C20H16ClFN2O2/c1-26-18-9-6-15(21)11-17(18)20(25)24-12-14-3-2-10-23-19(14)13-4-7-16(22)8-5-13/h2-11H,12H2,1H3,(H,24,25). The Kier molecular flexibility index (Phi) is 5.49. The number of pyridine rings is 1. The van der Waals surface area contributed by atoms with Gasteiger partial charge < -0.3 is 10.1 Å². The minimum atomic E-state index is -0.312. The van der Waals surface area contributed by atoms with Crippen molar-refractivity contribution in [3.05, 3.63) is 82.8 Å². The molecule has 3 aromatic rings. The van der Waals surface area contributed by atoms with Crippen LogP contribution in [0.15, 0.2) is 60.8 Å². The van der Waals surface area contributed by atoms with E-state index in [1.807, 2.05) is 6.07 Å². The van der Waals surface area contributed by atoms with Crippen LogP contribution < -0.4 is 10.1 Å². The number of hydrogen-bond acceptors (Lipinski definition) is 3. The first-order chi connectivity index (χ1) is 12.6. The molecular weight excluding hydrogens is 355 g/mol. The maximum Gasteiger partial charge on any atom is 0.255 e. The van der Waals surface area contributed by atoms with Crippen LogP contribution >= 0.6 is 11.6 Å². The molecule has 0 saturated heterocycles. The zero-order valence-electron chi connectivity index (χ0n) is 14.0. The van der Waals surface area contributed by atoms with Crippen LogP contribution in [0.1, 0.15) is 15.9 Å². The summed E-state index contributed by atoms with van der Waals surface area (Å²) in [7, 11) is 1.49. The SMILES string of the molecule is COc1ccc(Cl)cc1C(=O)NCc1cccnc1-c1ccc(F)cc1. The summed E-state index contributed by atoms with van der Waals surface area (Å²) in [5, 5.41) is 3.30. The van der Waals surface area contributed by atoms with Gasteiger partial charge in [0.25, 0.3) is 5.91 Å². The van der Waals surface area contributed by atoms with Crippen molar-refractivity contribution in [3.63, 3.8) is 0 Å². The van der Waals surface area contributed by atoms with Gasteiger partial charge >= 0.3 is 0 Å². The maximum absolute atomic E-state index is 13.1. The molecule has 0 radical (unpaired) electrons. The lowest BCUT2D eigenvalue weighted by Gasteiger charge is -2.12. The molecule has 1 heterocycles. The highest BCUT2D eigenvalue weighted by atomic mass is 35.5. The van der Waals surface area contributed by atoms with Crippen LogP contribution in [-0.2, 0) is 6.54 Å². The molecule has 132 valence electrons. The van der Waals surface area contributed by atoms with Gasteiger partial charge in [-0.05, 0) is 54.1 Å². The van der Waals surface area contributed by atoms with Gasteiger partial charge in [-0.25, -0.2) is 4.39 Å². The van der Waals surface area contributed by atoms with E-state index >= 15 is 0 Å². The molecule has 0 fully saturated rings. The van der Waals surface area contributed by atoms with E-state index in [2.05, 4.69) is 10.3 Å². The molecule has 0 aliphatic carbocycles. The van der Waals surface area contributed by atoms with Crippen LogP contribution in [0.5, 0.6) is 5.75 Å². The Labute approximate surface area is 155 Å². The number of rotatable bonds is 5. The molecule has 1 N–H and O–H groups in total. The highest BCUT2D eigenvalue weighted by molar-refractivity contribution is 6.31. The lowest BCUT2D eigenvalue weighted by Crippen LogP contribution is -2.23. The van der Waals surface area contributed by atoms with Gasteiger partial charge in [-0.1, -0.05) is 17.7 Å². The monoisotopic (exact) mass is 370 g/mol. The maximum atomic E-state index is 13.1. The molecule has 0 bridgehead atoms. The van der Waals surface area contributed by atoms with Gasteiger partial charge in [0.1, 0.15) is 11.6 Å². The zero-order valence-corrected chi connectivity index (χ0v) is 14.8. The van der Waals surface area contributed by atoms with Crippen LogP contribution in [0.2, 0.25) is 5.02 Å². The number of nitrogens with zero attached hydrogens (tertiary/aromatic N) is 1. The Hall–Kier alpha value is -2.92. The van der Waals surface area contributed by atoms with Gasteiger partial charge in [-0.15, -0.1) is 0 Å². The van der Waals surface area contributed by atoms with E-state index in [1.165, 1.54) is 19.2 Å². The molecular formula is C20H16ClFN2O2. The van der Waals surface area contributed by atoms with Crippen molar-refractivity contribution in [2.75, 3.05) is 7.11 Å². The van der Waals surface area contributed by atoms with E-state index in [0.717, 1.165) is 11.1 Å². The van der Waals surface area contributed by atoms with E-state index in [9.17, 15) is 9.18 Å². The highest BCUT2D eigenvalue weighted by Crippen LogP contribution is 2.24. The van der Waals surface area contributed by atoms with E-state index in [4.69, 9.17) is 16.3 Å². The van der Waals surface area contributed by atoms with E-state index in [0.29, 0.717) is 22.0 Å². The fraction of sp³-hybridized carbons (Fsp3) is 0.100. The number of carbonyl (C=O) groups is 1. The highest BCUT2D eigenvalue weighted by Gasteiger charge is 2.14. The fourth-order valence-electron chi connectivity index (χ4n) is 2.58. The molecule has 0 unspecified atom stereocenters. The third kappa shape index (κ3) is 4.00. The minimum absolute atomic E-state index is 0.259. The van der Waals surface area contributed by atoms with Crippen molar-refractivity contribution >= 4 is 17.5 Å². The van der Waals surface area contributed by atoms with Crippen molar-refractivity contribution < 1.29 is 13.9 Å². The summed E-state index contributed by atoms with van der Waals surface area (Å²) in [6, 6.07) is 14.6. The van der Waals surface area contributed by atoms with Crippen LogP contribution in [0, 0.1) is 5.82 Å². The smallest absolute Gasteiger partial charge is 0.255 e. The second-order valence-corrected chi connectivity index (χ2v) is 5.98. The summed E-state index contributed by atoms with van der Waals surface area (Å²) in [5.74, 6) is -0.178. The number of halogens is 2. The number of ether oxygens (including phenoxy) is 1. The van der Waals surface area contributed by atoms with Crippen LogP contribution in [0.3, 0.4) is 0 Å². The third-order valence-electron chi connectivity index (χ3n) is 3.85. The second kappa shape index (κ2) is 7.97. The molecule has 0 atom stereocenters. The van der Waals surface area contributed by atoms with Gasteiger partial charge in [0.05, 0.1) is 18.4 Å². The normalized spacial score (nSPS) is 10.4. The zero-order chi connectivity index (χ0) is 18.5. The summed E-state index contributed by atoms with van der Waals surface area (Å²) >= 11 is 5.98. The van der Waals surface area contributed by atoms with Gasteiger partial charge in [0, 0.05) is 23.3 Å². The number of hydrogen-bond donors (Lipinski definition) is 1. The number of methoxy groups -OCH3 is 1. The molecule has 1 aromatic heterocycles. The van der Waals surface area contributed by atoms with Crippen LogP contribution in [0.4, 0.5) is 4.39 Å². The third-order valence-corrected chi connectivity index (χ3v) is 4.09. The summed E-state index contributed by atoms with van der Waals surface area (Å²) in [5.41, 5.74) is 2.63. The summed E-state index contributed by atoms with van der Waals surface area (Å²) in [4.78, 5) is 16.9. The Morgan fingerprint density at radius 1 is 1.19 bits per heavy atom. The average molecular weight is 371 g/mol. The molecule has 26 heavy (non-hydrogen) atoms. The topological polar surface area (TPSA) is 51.2 Å². The molecule has 1 amide bonds. The van der Waals surface area contributed by atoms with E-state index in [1.54, 1.807) is 42.6 Å². The summed E-state index contributed by atoms with van der Waals surface area (Å²) in [6.45, 7) is 0.259. The van der Waals surface area contributed by atoms with Crippen molar-refractivity contribution in [2.45, 2.75) is 6.54 Å². The number of aromatic nitrogens is 1. The van der Waals surface area contributed by atoms with E-state index in [-0.39, 0.29) is 18.3 Å². The molecule has 6 heteroatoms.